The molecule has 0 atom stereocenters. The second kappa shape index (κ2) is 7.78. The van der Waals surface area contributed by atoms with Crippen LogP contribution in [-0.4, -0.2) is 0 Å². The second-order valence-corrected chi connectivity index (χ2v) is 8.64. The first kappa shape index (κ1) is 16.2. The van der Waals surface area contributed by atoms with Gasteiger partial charge in [0.05, 0.1) is 18.6 Å². The highest BCUT2D eigenvalue weighted by molar-refractivity contribution is 6.14. The number of hydrogen-bond acceptors (Lipinski definition) is 2. The Hall–Kier alpha value is -4.49. The van der Waals surface area contributed by atoms with Crippen LogP contribution in [0.25, 0.3) is 55.1 Å². The Morgan fingerprint density at radius 1 is 0.971 bits per heavy atom. The van der Waals surface area contributed by atoms with Crippen LogP contribution in [0, 0.1) is 30.9 Å². The van der Waals surface area contributed by atoms with Crippen LogP contribution in [0.4, 0.5) is 4.39 Å². The maximum Gasteiger partial charge on any atom is 0.216 e. The van der Waals surface area contributed by atoms with E-state index in [9.17, 15) is 9.65 Å². The highest BCUT2D eigenvalue weighted by Gasteiger charge is 2.23. The molecule has 0 saturated carbocycles. The Morgan fingerprint density at radius 2 is 1.80 bits per heavy atom. The molecule has 0 spiro atoms. The molecule has 0 radical (unpaired) electrons. The van der Waals surface area contributed by atoms with Crippen molar-refractivity contribution < 1.29 is 20.2 Å². The molecular formula is C31H22FN2O+. The number of furan rings is 1. The molecule has 0 unspecified atom stereocenters. The lowest BCUT2D eigenvalue weighted by molar-refractivity contribution is -0.662. The Kier molecular flexibility index (Phi) is 3.60. The highest BCUT2D eigenvalue weighted by Crippen LogP contribution is 2.41. The minimum atomic E-state index is -2.93. The third-order valence-electron chi connectivity index (χ3n) is 6.44. The van der Waals surface area contributed by atoms with Gasteiger partial charge in [-0.15, -0.1) is 0 Å². The number of nitrogens with zero attached hydrogens (tertiary/aromatic N) is 2. The van der Waals surface area contributed by atoms with Gasteiger partial charge in [-0.25, -0.2) is 4.39 Å². The number of benzene rings is 4. The summed E-state index contributed by atoms with van der Waals surface area (Å²) in [6.45, 7) is -1.14. The molecule has 4 heteroatoms. The molecule has 0 bridgehead atoms. The summed E-state index contributed by atoms with van der Waals surface area (Å²) in [6.07, 6.45) is -0.645. The van der Waals surface area contributed by atoms with Gasteiger partial charge in [0.15, 0.2) is 5.82 Å². The summed E-state index contributed by atoms with van der Waals surface area (Å²) in [5.74, 6) is -1.25. The van der Waals surface area contributed by atoms with E-state index < -0.39 is 30.4 Å². The Morgan fingerprint density at radius 3 is 2.60 bits per heavy atom. The van der Waals surface area contributed by atoms with E-state index >= 15 is 0 Å². The first-order valence-corrected chi connectivity index (χ1v) is 11.1. The highest BCUT2D eigenvalue weighted by atomic mass is 19.1. The number of aromatic nitrogens is 1. The van der Waals surface area contributed by atoms with Gasteiger partial charge in [0.25, 0.3) is 0 Å². The topological polar surface area (TPSA) is 40.8 Å². The van der Waals surface area contributed by atoms with Crippen molar-refractivity contribution in [2.24, 2.45) is 7.05 Å². The summed E-state index contributed by atoms with van der Waals surface area (Å²) in [4.78, 5) is 0. The van der Waals surface area contributed by atoms with Crippen molar-refractivity contribution in [2.45, 2.75) is 13.8 Å². The van der Waals surface area contributed by atoms with Crippen molar-refractivity contribution in [3.05, 3.63) is 101 Å². The molecule has 2 aromatic heterocycles. The van der Waals surface area contributed by atoms with Crippen LogP contribution in [-0.2, 0) is 7.05 Å². The molecule has 3 nitrogen and oxygen atoms in total. The zero-order valence-electron chi connectivity index (χ0n) is 24.0. The summed E-state index contributed by atoms with van der Waals surface area (Å²) in [5, 5.41) is 13.3. The zero-order chi connectivity index (χ0) is 28.5. The van der Waals surface area contributed by atoms with Gasteiger partial charge in [-0.05, 0) is 59.4 Å². The standard InChI is InChI=1S/C31H22FN2O/c1-18-8-11-24-26-14-20(16-33)13-25(23-10-9-21-6-4-5-7-22(21)15-23)30(26)35-31(24)29(18)28-12-19(2)27(32)17-34(28)3/h4-15,17H,1-3H3/q+1/i2D3,12D,17D. The molecule has 4 aromatic carbocycles. The predicted molar refractivity (Wildman–Crippen MR) is 137 cm³/mol. The summed E-state index contributed by atoms with van der Waals surface area (Å²) >= 11 is 0. The molecule has 0 saturated heterocycles. The van der Waals surface area contributed by atoms with E-state index in [1.54, 1.807) is 19.1 Å². The average molecular weight is 463 g/mol. The van der Waals surface area contributed by atoms with Gasteiger partial charge in [-0.1, -0.05) is 48.5 Å². The molecule has 6 rings (SSSR count). The van der Waals surface area contributed by atoms with Gasteiger partial charge in [-0.3, -0.25) is 0 Å². The third kappa shape index (κ3) is 3.28. The summed E-state index contributed by atoms with van der Waals surface area (Å²) in [7, 11) is 1.43. The molecular weight excluding hydrogens is 435 g/mol. The fourth-order valence-corrected chi connectivity index (χ4v) is 4.72. The largest absolute Gasteiger partial charge is 0.454 e. The van der Waals surface area contributed by atoms with Crippen molar-refractivity contribution in [3.8, 4) is 28.5 Å². The first-order valence-electron chi connectivity index (χ1n) is 13.6. The van der Waals surface area contributed by atoms with Crippen molar-refractivity contribution in [2.75, 3.05) is 0 Å². The maximum atomic E-state index is 15.0. The quantitative estimate of drug-likeness (QED) is 0.250. The number of halogens is 1. The number of hydrogen-bond donors (Lipinski definition) is 0. The van der Waals surface area contributed by atoms with Gasteiger partial charge in [0, 0.05) is 26.5 Å². The van der Waals surface area contributed by atoms with E-state index in [1.165, 1.54) is 11.6 Å². The van der Waals surface area contributed by atoms with E-state index in [1.807, 2.05) is 54.6 Å². The van der Waals surface area contributed by atoms with Gasteiger partial charge >= 0.3 is 0 Å². The SMILES string of the molecule is [2H]c1c(C([2H])([2H])[2H])c(F)c([2H])[n+](C)c1-c1c(C)ccc2c1oc1c(-c3ccc4ccccc4c3)cc(C#N)cc12. The second-order valence-electron chi connectivity index (χ2n) is 8.64. The van der Waals surface area contributed by atoms with Crippen molar-refractivity contribution in [3.63, 3.8) is 0 Å². The van der Waals surface area contributed by atoms with Crippen molar-refractivity contribution in [1.82, 2.24) is 0 Å². The Balaban J connectivity index is 1.73. The molecule has 0 aliphatic heterocycles. The molecule has 2 heterocycles. The van der Waals surface area contributed by atoms with E-state index in [0.717, 1.165) is 16.3 Å². The Labute approximate surface area is 209 Å². The summed E-state index contributed by atoms with van der Waals surface area (Å²) in [6, 6.07) is 22.8. The van der Waals surface area contributed by atoms with Crippen LogP contribution >= 0.6 is 0 Å². The molecule has 0 aliphatic carbocycles. The van der Waals surface area contributed by atoms with E-state index in [-0.39, 0.29) is 5.69 Å². The van der Waals surface area contributed by atoms with Gasteiger partial charge in [0.1, 0.15) is 19.6 Å². The fourth-order valence-electron chi connectivity index (χ4n) is 4.72. The minimum Gasteiger partial charge on any atom is -0.454 e. The lowest BCUT2D eigenvalue weighted by Crippen LogP contribution is -2.31. The van der Waals surface area contributed by atoms with Crippen LogP contribution < -0.4 is 4.57 Å². The molecule has 0 fully saturated rings. The molecule has 0 aliphatic rings. The van der Waals surface area contributed by atoms with Crippen LogP contribution in [0.5, 0.6) is 0 Å². The van der Waals surface area contributed by atoms with E-state index in [2.05, 4.69) is 6.07 Å². The number of aryl methyl sites for hydroxylation is 1. The molecule has 35 heavy (non-hydrogen) atoms. The normalized spacial score (nSPS) is 13.8. The molecule has 168 valence electrons. The lowest BCUT2D eigenvalue weighted by Gasteiger charge is -2.07. The van der Waals surface area contributed by atoms with Crippen molar-refractivity contribution >= 4 is 32.7 Å². The van der Waals surface area contributed by atoms with E-state index in [0.29, 0.717) is 44.2 Å². The third-order valence-corrected chi connectivity index (χ3v) is 6.44. The number of fused-ring (bicyclic) bond motifs is 4. The van der Waals surface area contributed by atoms with Gasteiger partial charge in [0.2, 0.25) is 11.9 Å². The van der Waals surface area contributed by atoms with Crippen molar-refractivity contribution in [1.29, 1.82) is 5.26 Å². The number of rotatable bonds is 2. The molecule has 0 amide bonds. The maximum absolute atomic E-state index is 15.0. The average Bonchev–Trinajstić information content (AvgIpc) is 3.30. The summed E-state index contributed by atoms with van der Waals surface area (Å²) in [5.41, 5.74) is 3.19. The molecule has 6 aromatic rings. The smallest absolute Gasteiger partial charge is 0.216 e. The van der Waals surface area contributed by atoms with Crippen LogP contribution in [0.15, 0.2) is 83.4 Å². The predicted octanol–water partition coefficient (Wildman–Crippen LogP) is 7.53. The zero-order valence-corrected chi connectivity index (χ0v) is 19.0. The Bertz CT molecular complexity index is 2070. The number of nitriles is 1. The van der Waals surface area contributed by atoms with E-state index in [4.69, 9.17) is 11.3 Å². The fraction of sp³-hybridized carbons (Fsp3) is 0.0968. The van der Waals surface area contributed by atoms with Crippen LogP contribution in [0.2, 0.25) is 0 Å². The summed E-state index contributed by atoms with van der Waals surface area (Å²) < 4.78 is 63.2. The van der Waals surface area contributed by atoms with Gasteiger partial charge < -0.3 is 4.42 Å². The van der Waals surface area contributed by atoms with Crippen LogP contribution in [0.1, 0.15) is 23.5 Å². The first-order chi connectivity index (χ1) is 19.0. The van der Waals surface area contributed by atoms with Gasteiger partial charge in [-0.2, -0.15) is 9.83 Å². The minimum absolute atomic E-state index is 0.0624. The lowest BCUT2D eigenvalue weighted by atomic mass is 9.96. The number of pyridine rings is 1. The molecule has 0 N–H and O–H groups in total. The monoisotopic (exact) mass is 462 g/mol. The van der Waals surface area contributed by atoms with Crippen LogP contribution in [0.3, 0.4) is 0 Å².